The van der Waals surface area contributed by atoms with Crippen LogP contribution < -0.4 is 0 Å². The number of nitrogens with zero attached hydrogens (tertiary/aromatic N) is 2. The van der Waals surface area contributed by atoms with Gasteiger partial charge in [0.25, 0.3) is 0 Å². The van der Waals surface area contributed by atoms with Crippen molar-refractivity contribution in [3.05, 3.63) is 42.2 Å². The number of carbonyl (C=O) groups is 2. The average molecular weight is 286 g/mol. The summed E-state index contributed by atoms with van der Waals surface area (Å²) in [7, 11) is 0. The minimum absolute atomic E-state index is 0.133. The van der Waals surface area contributed by atoms with Crippen LogP contribution in [0.1, 0.15) is 5.56 Å². The van der Waals surface area contributed by atoms with E-state index in [-0.39, 0.29) is 5.91 Å². The quantitative estimate of drug-likeness (QED) is 0.816. The van der Waals surface area contributed by atoms with Crippen molar-refractivity contribution in [3.8, 4) is 0 Å². The molecular formula is C15H14N2O4. The van der Waals surface area contributed by atoms with Gasteiger partial charge in [0, 0.05) is 18.9 Å². The number of carboxylic acids is 1. The molecule has 0 unspecified atom stereocenters. The summed E-state index contributed by atoms with van der Waals surface area (Å²) < 4.78 is 5.83. The van der Waals surface area contributed by atoms with E-state index in [1.54, 1.807) is 23.4 Å². The molecule has 6 heteroatoms. The number of amides is 1. The molecule has 3 aliphatic heterocycles. The fourth-order valence-electron chi connectivity index (χ4n) is 3.70. The predicted octanol–water partition coefficient (Wildman–Crippen LogP) is 0.448. The van der Waals surface area contributed by atoms with Crippen LogP contribution in [0.15, 0.2) is 36.7 Å². The summed E-state index contributed by atoms with van der Waals surface area (Å²) in [5, 5.41) is 9.38. The van der Waals surface area contributed by atoms with Gasteiger partial charge >= 0.3 is 5.97 Å². The summed E-state index contributed by atoms with van der Waals surface area (Å²) in [4.78, 5) is 29.7. The molecule has 3 aliphatic rings. The molecule has 0 aliphatic carbocycles. The lowest BCUT2D eigenvalue weighted by molar-refractivity contribution is -0.148. The van der Waals surface area contributed by atoms with Gasteiger partial charge in [-0.15, -0.1) is 0 Å². The number of likely N-dealkylation sites (tertiary alicyclic amines) is 1. The first-order chi connectivity index (χ1) is 10.1. The maximum Gasteiger partial charge on any atom is 0.310 e. The van der Waals surface area contributed by atoms with E-state index in [1.807, 2.05) is 18.2 Å². The van der Waals surface area contributed by atoms with Gasteiger partial charge in [-0.25, -0.2) is 0 Å². The number of aromatic nitrogens is 1. The summed E-state index contributed by atoms with van der Waals surface area (Å²) in [6.45, 7) is 0.864. The molecule has 21 heavy (non-hydrogen) atoms. The van der Waals surface area contributed by atoms with E-state index in [1.165, 1.54) is 0 Å². The number of ether oxygens (including phenoxy) is 1. The first kappa shape index (κ1) is 12.5. The van der Waals surface area contributed by atoms with Crippen LogP contribution in [0, 0.1) is 11.8 Å². The fraction of sp³-hybridized carbons (Fsp3) is 0.400. The average Bonchev–Trinajstić information content (AvgIpc) is 3.09. The molecule has 1 amide bonds. The molecule has 2 bridgehead atoms. The lowest BCUT2D eigenvalue weighted by Gasteiger charge is -2.21. The third kappa shape index (κ3) is 1.65. The van der Waals surface area contributed by atoms with Crippen LogP contribution in [0.4, 0.5) is 0 Å². The van der Waals surface area contributed by atoms with Gasteiger partial charge in [0.05, 0.1) is 18.6 Å². The van der Waals surface area contributed by atoms with Gasteiger partial charge in [-0.3, -0.25) is 14.6 Å². The number of rotatable bonds is 3. The molecule has 1 aromatic heterocycles. The van der Waals surface area contributed by atoms with Crippen LogP contribution >= 0.6 is 0 Å². The van der Waals surface area contributed by atoms with Crippen molar-refractivity contribution in [2.75, 3.05) is 6.54 Å². The monoisotopic (exact) mass is 286 g/mol. The molecule has 4 rings (SSSR count). The van der Waals surface area contributed by atoms with Gasteiger partial charge in [-0.2, -0.15) is 0 Å². The van der Waals surface area contributed by atoms with Crippen LogP contribution in [0.2, 0.25) is 0 Å². The summed E-state index contributed by atoms with van der Waals surface area (Å²) in [6, 6.07) is 3.70. The van der Waals surface area contributed by atoms with Gasteiger partial charge in [0.1, 0.15) is 11.5 Å². The molecule has 2 fully saturated rings. The highest BCUT2D eigenvalue weighted by Crippen LogP contribution is 2.52. The van der Waals surface area contributed by atoms with E-state index < -0.39 is 29.5 Å². The van der Waals surface area contributed by atoms with Crippen molar-refractivity contribution in [3.63, 3.8) is 0 Å². The number of pyridine rings is 1. The summed E-state index contributed by atoms with van der Waals surface area (Å²) in [5.74, 6) is -2.47. The summed E-state index contributed by atoms with van der Waals surface area (Å²) in [5.41, 5.74) is 0.220. The van der Waals surface area contributed by atoms with E-state index in [0.29, 0.717) is 13.1 Å². The number of carbonyl (C=O) groups excluding carboxylic acids is 1. The Balaban J connectivity index is 1.63. The highest BCUT2D eigenvalue weighted by Gasteiger charge is 2.66. The van der Waals surface area contributed by atoms with Crippen LogP contribution in [-0.2, 0) is 20.9 Å². The summed E-state index contributed by atoms with van der Waals surface area (Å²) >= 11 is 0. The minimum Gasteiger partial charge on any atom is -0.481 e. The summed E-state index contributed by atoms with van der Waals surface area (Å²) in [6.07, 6.45) is 6.53. The minimum atomic E-state index is -0.963. The molecule has 0 radical (unpaired) electrons. The van der Waals surface area contributed by atoms with Crippen LogP contribution in [0.5, 0.6) is 0 Å². The van der Waals surface area contributed by atoms with Crippen molar-refractivity contribution in [2.24, 2.45) is 11.8 Å². The molecule has 6 nitrogen and oxygen atoms in total. The zero-order valence-electron chi connectivity index (χ0n) is 11.2. The highest BCUT2D eigenvalue weighted by molar-refractivity contribution is 5.90. The van der Waals surface area contributed by atoms with E-state index in [9.17, 15) is 14.7 Å². The topological polar surface area (TPSA) is 79.7 Å². The molecular weight excluding hydrogens is 272 g/mol. The van der Waals surface area contributed by atoms with Crippen molar-refractivity contribution in [1.29, 1.82) is 0 Å². The molecule has 1 N–H and O–H groups in total. The second-order valence-corrected chi connectivity index (χ2v) is 5.79. The number of carboxylic acid groups (broad SMARTS) is 1. The van der Waals surface area contributed by atoms with Crippen LogP contribution in [0.3, 0.4) is 0 Å². The standard InChI is InChI=1S/C15H14N2O4/c18-13-12-11(14(19)20)10-1-4-15(12,21-10)8-17(13)7-9-2-5-16-6-3-9/h1-6,10-12H,7-8H2,(H,19,20)/t10-,11+,12+,15-/m0/s1. The van der Waals surface area contributed by atoms with Crippen molar-refractivity contribution in [2.45, 2.75) is 18.2 Å². The smallest absolute Gasteiger partial charge is 0.310 e. The van der Waals surface area contributed by atoms with Crippen LogP contribution in [-0.4, -0.2) is 45.1 Å². The molecule has 0 saturated carbocycles. The van der Waals surface area contributed by atoms with Crippen molar-refractivity contribution in [1.82, 2.24) is 9.88 Å². The lowest BCUT2D eigenvalue weighted by atomic mass is 9.77. The zero-order valence-corrected chi connectivity index (χ0v) is 11.2. The van der Waals surface area contributed by atoms with E-state index in [0.717, 1.165) is 5.56 Å². The van der Waals surface area contributed by atoms with Gasteiger partial charge in [-0.05, 0) is 17.7 Å². The zero-order chi connectivity index (χ0) is 14.6. The Morgan fingerprint density at radius 3 is 2.95 bits per heavy atom. The van der Waals surface area contributed by atoms with Crippen molar-refractivity contribution >= 4 is 11.9 Å². The molecule has 4 atom stereocenters. The van der Waals surface area contributed by atoms with E-state index in [2.05, 4.69) is 4.98 Å². The SMILES string of the molecule is O=C(O)[C@@H]1[C@@H]2C=C[C@@]3(CN(Cc4ccncc4)C(=O)[C@@H]13)O2. The lowest BCUT2D eigenvalue weighted by Crippen LogP contribution is -2.39. The fourth-order valence-corrected chi connectivity index (χ4v) is 3.70. The second kappa shape index (κ2) is 4.14. The third-order valence-corrected chi connectivity index (χ3v) is 4.59. The molecule has 1 spiro atoms. The highest BCUT2D eigenvalue weighted by atomic mass is 16.5. The maximum absolute atomic E-state index is 12.6. The normalized spacial score (nSPS) is 36.3. The number of fused-ring (bicyclic) bond motifs is 1. The van der Waals surface area contributed by atoms with E-state index >= 15 is 0 Å². The Kier molecular flexibility index (Phi) is 2.47. The largest absolute Gasteiger partial charge is 0.481 e. The first-order valence-electron chi connectivity index (χ1n) is 6.88. The van der Waals surface area contributed by atoms with Gasteiger partial charge in [0.2, 0.25) is 5.91 Å². The first-order valence-corrected chi connectivity index (χ1v) is 6.88. The van der Waals surface area contributed by atoms with Crippen LogP contribution in [0.25, 0.3) is 0 Å². The molecule has 2 saturated heterocycles. The van der Waals surface area contributed by atoms with Crippen molar-refractivity contribution < 1.29 is 19.4 Å². The Labute approximate surface area is 121 Å². The molecule has 1 aromatic rings. The molecule has 0 aromatic carbocycles. The molecule has 108 valence electrons. The molecule has 4 heterocycles. The Morgan fingerprint density at radius 2 is 2.24 bits per heavy atom. The van der Waals surface area contributed by atoms with Gasteiger partial charge < -0.3 is 14.7 Å². The second-order valence-electron chi connectivity index (χ2n) is 5.79. The number of hydrogen-bond donors (Lipinski definition) is 1. The Morgan fingerprint density at radius 1 is 1.48 bits per heavy atom. The maximum atomic E-state index is 12.6. The number of hydrogen-bond acceptors (Lipinski definition) is 4. The van der Waals surface area contributed by atoms with Gasteiger partial charge in [0.15, 0.2) is 0 Å². The Hall–Kier alpha value is -2.21. The Bertz CT molecular complexity index is 644. The third-order valence-electron chi connectivity index (χ3n) is 4.59. The van der Waals surface area contributed by atoms with E-state index in [4.69, 9.17) is 4.74 Å². The number of aliphatic carboxylic acids is 1. The predicted molar refractivity (Wildman–Crippen MR) is 71.0 cm³/mol. The van der Waals surface area contributed by atoms with Gasteiger partial charge in [-0.1, -0.05) is 12.2 Å².